The Morgan fingerprint density at radius 3 is 1.75 bits per heavy atom. The maximum absolute atomic E-state index is 10.4. The van der Waals surface area contributed by atoms with Gasteiger partial charge in [-0.25, -0.2) is 0 Å². The van der Waals surface area contributed by atoms with Crippen molar-refractivity contribution in [1.82, 2.24) is 4.27 Å². The van der Waals surface area contributed by atoms with Gasteiger partial charge in [-0.15, -0.1) is 0 Å². The summed E-state index contributed by atoms with van der Waals surface area (Å²) in [5.41, 5.74) is 0. The topological polar surface area (TPSA) is 29.1 Å². The van der Waals surface area contributed by atoms with E-state index in [9.17, 15) is 4.79 Å². The van der Waals surface area contributed by atoms with Crippen LogP contribution in [0.25, 0.3) is 0 Å². The van der Waals surface area contributed by atoms with Gasteiger partial charge in [-0.2, -0.15) is 0 Å². The molecule has 0 heterocycles. The van der Waals surface area contributed by atoms with Gasteiger partial charge in [0.2, 0.25) is 0 Å². The fourth-order valence-electron chi connectivity index (χ4n) is 0.528. The van der Waals surface area contributed by atoms with Gasteiger partial charge in [-0.1, -0.05) is 0 Å². The number of rotatable bonds is 1. The van der Waals surface area contributed by atoms with Gasteiger partial charge in [0.25, 0.3) is 0 Å². The first-order valence-electron chi connectivity index (χ1n) is 2.70. The predicted octanol–water partition coefficient (Wildman–Crippen LogP) is 0.957. The van der Waals surface area contributed by atoms with Crippen molar-refractivity contribution in [3.63, 3.8) is 0 Å². The molecule has 0 rings (SSSR count). The van der Waals surface area contributed by atoms with Crippen LogP contribution in [0.3, 0.4) is 0 Å². The Morgan fingerprint density at radius 1 is 1.38 bits per heavy atom. The first-order valence-corrected chi connectivity index (χ1v) is 10.0. The molecule has 0 atom stereocenters. The summed E-state index contributed by atoms with van der Waals surface area (Å²) in [7, 11) is 0. The minimum atomic E-state index is -1.75. The molecule has 3 heteroatoms. The van der Waals surface area contributed by atoms with Gasteiger partial charge in [-0.05, 0) is 0 Å². The molecule has 0 aliphatic heterocycles. The van der Waals surface area contributed by atoms with E-state index in [0.29, 0.717) is 0 Å². The molecule has 0 spiro atoms. The molecule has 0 aliphatic rings. The van der Waals surface area contributed by atoms with E-state index in [4.69, 9.17) is 0 Å². The van der Waals surface area contributed by atoms with Crippen LogP contribution in [0.5, 0.6) is 0 Å². The monoisotopic (exact) mass is 177 g/mol. The van der Waals surface area contributed by atoms with Gasteiger partial charge in [0.1, 0.15) is 0 Å². The predicted molar refractivity (Wildman–Crippen MR) is 37.2 cm³/mol. The minimum absolute atomic E-state index is 0.109. The quantitative estimate of drug-likeness (QED) is 0.592. The van der Waals surface area contributed by atoms with Crippen molar-refractivity contribution in [3.05, 3.63) is 0 Å². The SMILES string of the molecule is CC(=O)[NH][Ge]([CH3])([CH3])[CH3]. The number of carbonyl (C=O) groups is 1. The molecule has 2 nitrogen and oxygen atoms in total. The molecule has 0 aromatic carbocycles. The van der Waals surface area contributed by atoms with E-state index in [1.165, 1.54) is 0 Å². The summed E-state index contributed by atoms with van der Waals surface area (Å²) in [6.45, 7) is 1.57. The Labute approximate surface area is 53.2 Å². The molecule has 0 saturated heterocycles. The maximum atomic E-state index is 10.4. The van der Waals surface area contributed by atoms with Crippen LogP contribution in [0.15, 0.2) is 0 Å². The molecular weight excluding hydrogens is 163 g/mol. The average molecular weight is 176 g/mol. The third-order valence-corrected chi connectivity index (χ3v) is 2.86. The molecule has 0 aromatic heterocycles. The molecule has 0 saturated carbocycles. The van der Waals surface area contributed by atoms with E-state index in [0.717, 1.165) is 0 Å². The van der Waals surface area contributed by atoms with E-state index in [-0.39, 0.29) is 5.91 Å². The third-order valence-electron chi connectivity index (χ3n) is 0.551. The molecule has 1 amide bonds. The van der Waals surface area contributed by atoms with E-state index >= 15 is 0 Å². The summed E-state index contributed by atoms with van der Waals surface area (Å²) in [6, 6.07) is 0. The summed E-state index contributed by atoms with van der Waals surface area (Å²) in [4.78, 5) is 10.4. The van der Waals surface area contributed by atoms with Gasteiger partial charge in [-0.3, -0.25) is 0 Å². The van der Waals surface area contributed by atoms with Crippen LogP contribution >= 0.6 is 0 Å². The molecule has 0 aromatic rings. The van der Waals surface area contributed by atoms with Crippen molar-refractivity contribution >= 4 is 19.4 Å². The van der Waals surface area contributed by atoms with Gasteiger partial charge < -0.3 is 0 Å². The molecule has 48 valence electrons. The van der Waals surface area contributed by atoms with Crippen LogP contribution in [-0.4, -0.2) is 19.4 Å². The Balaban J connectivity index is 3.55. The number of hydrogen-bond acceptors (Lipinski definition) is 1. The van der Waals surface area contributed by atoms with Crippen molar-refractivity contribution in [1.29, 1.82) is 0 Å². The van der Waals surface area contributed by atoms with Crippen LogP contribution in [-0.2, 0) is 4.79 Å². The van der Waals surface area contributed by atoms with E-state index in [1.54, 1.807) is 6.92 Å². The zero-order chi connectivity index (χ0) is 6.78. The Kier molecular flexibility index (Phi) is 2.53. The van der Waals surface area contributed by atoms with E-state index in [1.807, 2.05) is 0 Å². The normalized spacial score (nSPS) is 11.0. The molecule has 8 heavy (non-hydrogen) atoms. The summed E-state index contributed by atoms with van der Waals surface area (Å²) in [5, 5.41) is 0. The average Bonchev–Trinajstić information content (AvgIpc) is 1.21. The zero-order valence-corrected chi connectivity index (χ0v) is 8.01. The van der Waals surface area contributed by atoms with Crippen molar-refractivity contribution < 1.29 is 4.79 Å². The first-order chi connectivity index (χ1) is 3.42. The number of hydrogen-bond donors (Lipinski definition) is 1. The van der Waals surface area contributed by atoms with Crippen LogP contribution in [0.1, 0.15) is 6.92 Å². The van der Waals surface area contributed by atoms with Gasteiger partial charge in [0, 0.05) is 0 Å². The molecule has 0 unspecified atom stereocenters. The first kappa shape index (κ1) is 8.01. The molecule has 0 radical (unpaired) electrons. The van der Waals surface area contributed by atoms with E-state index < -0.39 is 13.5 Å². The van der Waals surface area contributed by atoms with Crippen LogP contribution < -0.4 is 4.27 Å². The van der Waals surface area contributed by atoms with Crippen molar-refractivity contribution in [2.45, 2.75) is 24.2 Å². The number of carbonyl (C=O) groups excluding carboxylic acids is 1. The Bertz CT molecular complexity index is 95.1. The second kappa shape index (κ2) is 2.53. The fourth-order valence-corrected chi connectivity index (χ4v) is 2.74. The molecule has 0 bridgehead atoms. The third kappa shape index (κ3) is 6.01. The fraction of sp³-hybridized carbons (Fsp3) is 0.800. The second-order valence-corrected chi connectivity index (χ2v) is 12.9. The summed E-state index contributed by atoms with van der Waals surface area (Å²) in [6.07, 6.45) is 0. The van der Waals surface area contributed by atoms with Crippen molar-refractivity contribution in [2.24, 2.45) is 0 Å². The molecular formula is C5H13GeNO. The van der Waals surface area contributed by atoms with Gasteiger partial charge in [0.15, 0.2) is 0 Å². The Hall–Kier alpha value is 0.0129. The van der Waals surface area contributed by atoms with Crippen molar-refractivity contribution in [2.75, 3.05) is 0 Å². The summed E-state index contributed by atoms with van der Waals surface area (Å²) in [5.74, 6) is 6.53. The molecule has 0 aliphatic carbocycles. The molecule has 1 N–H and O–H groups in total. The van der Waals surface area contributed by atoms with Gasteiger partial charge in [0.05, 0.1) is 0 Å². The van der Waals surface area contributed by atoms with Crippen LogP contribution in [0.2, 0.25) is 17.3 Å². The Morgan fingerprint density at radius 2 is 1.75 bits per heavy atom. The van der Waals surface area contributed by atoms with E-state index in [2.05, 4.69) is 21.5 Å². The second-order valence-electron chi connectivity index (χ2n) is 2.93. The van der Waals surface area contributed by atoms with Gasteiger partial charge >= 0.3 is 52.7 Å². The number of amides is 1. The van der Waals surface area contributed by atoms with Crippen molar-refractivity contribution in [3.8, 4) is 0 Å². The number of nitrogens with one attached hydrogen (secondary N) is 1. The van der Waals surface area contributed by atoms with Crippen LogP contribution in [0.4, 0.5) is 0 Å². The van der Waals surface area contributed by atoms with Crippen LogP contribution in [0, 0.1) is 0 Å². The standard InChI is InChI=1S/C5H13GeNO/c1-5(8)7-6(2,3)4/h1-4H3,(H,7,8). The zero-order valence-electron chi connectivity index (χ0n) is 5.91. The molecule has 0 fully saturated rings. The summed E-state index contributed by atoms with van der Waals surface area (Å²) >= 11 is -1.75. The summed E-state index contributed by atoms with van der Waals surface area (Å²) < 4.78 is 2.93.